The van der Waals surface area contributed by atoms with Gasteiger partial charge in [0, 0.05) is 30.3 Å². The zero-order chi connectivity index (χ0) is 14.0. The molecule has 6 nitrogen and oxygen atoms in total. The molecular formula is C13H17N3O3. The summed E-state index contributed by atoms with van der Waals surface area (Å²) in [5, 5.41) is 13.6. The number of hydrogen-bond acceptors (Lipinski definition) is 4. The number of carbonyl (C=O) groups is 1. The maximum absolute atomic E-state index is 12.2. The van der Waals surface area contributed by atoms with Crippen LogP contribution in [0.4, 0.5) is 5.69 Å². The number of nitro benzene ring substituents is 1. The molecule has 0 saturated heterocycles. The predicted molar refractivity (Wildman–Crippen MR) is 70.9 cm³/mol. The summed E-state index contributed by atoms with van der Waals surface area (Å²) < 4.78 is 0. The smallest absolute Gasteiger partial charge is 0.270 e. The Hall–Kier alpha value is -1.95. The van der Waals surface area contributed by atoms with E-state index in [1.54, 1.807) is 13.0 Å². The highest BCUT2D eigenvalue weighted by molar-refractivity contribution is 5.96. The van der Waals surface area contributed by atoms with Crippen LogP contribution in [0.3, 0.4) is 0 Å². The SMILES string of the molecule is Cc1ccc([N+](=O)[O-])cc1C(=O)NC(CN)C1CC1. The Balaban J connectivity index is 2.17. The molecule has 0 aromatic heterocycles. The van der Waals surface area contributed by atoms with Crippen LogP contribution in [0.25, 0.3) is 0 Å². The molecule has 102 valence electrons. The molecule has 6 heteroatoms. The van der Waals surface area contributed by atoms with E-state index in [2.05, 4.69) is 5.32 Å². The fourth-order valence-corrected chi connectivity index (χ4v) is 2.08. The van der Waals surface area contributed by atoms with Crippen LogP contribution in [-0.4, -0.2) is 23.4 Å². The second kappa shape index (κ2) is 5.36. The van der Waals surface area contributed by atoms with Crippen LogP contribution in [0.15, 0.2) is 18.2 Å². The number of hydrogen-bond donors (Lipinski definition) is 2. The highest BCUT2D eigenvalue weighted by Gasteiger charge is 2.31. The van der Waals surface area contributed by atoms with Crippen molar-refractivity contribution in [2.45, 2.75) is 25.8 Å². The summed E-state index contributed by atoms with van der Waals surface area (Å²) in [4.78, 5) is 22.4. The van der Waals surface area contributed by atoms with Gasteiger partial charge < -0.3 is 11.1 Å². The molecule has 19 heavy (non-hydrogen) atoms. The Kier molecular flexibility index (Phi) is 3.80. The van der Waals surface area contributed by atoms with Gasteiger partial charge in [-0.3, -0.25) is 14.9 Å². The largest absolute Gasteiger partial charge is 0.348 e. The first-order valence-corrected chi connectivity index (χ1v) is 6.29. The average Bonchev–Trinajstić information content (AvgIpc) is 3.20. The average molecular weight is 263 g/mol. The summed E-state index contributed by atoms with van der Waals surface area (Å²) in [6, 6.07) is 4.26. The summed E-state index contributed by atoms with van der Waals surface area (Å²) in [6.07, 6.45) is 2.16. The summed E-state index contributed by atoms with van der Waals surface area (Å²) in [6.45, 7) is 2.15. The lowest BCUT2D eigenvalue weighted by Gasteiger charge is -2.16. The molecule has 0 spiro atoms. The zero-order valence-corrected chi connectivity index (χ0v) is 10.8. The van der Waals surface area contributed by atoms with Crippen molar-refractivity contribution < 1.29 is 9.72 Å². The Bertz CT molecular complexity index is 512. The molecule has 0 heterocycles. The van der Waals surface area contributed by atoms with E-state index in [1.165, 1.54) is 12.1 Å². The molecule has 1 atom stereocenters. The summed E-state index contributed by atoms with van der Waals surface area (Å²) in [5.74, 6) is 0.163. The number of non-ortho nitro benzene ring substituents is 1. The van der Waals surface area contributed by atoms with Gasteiger partial charge in [-0.2, -0.15) is 0 Å². The first-order valence-electron chi connectivity index (χ1n) is 6.29. The molecule has 1 aromatic carbocycles. The van der Waals surface area contributed by atoms with E-state index in [9.17, 15) is 14.9 Å². The maximum Gasteiger partial charge on any atom is 0.270 e. The van der Waals surface area contributed by atoms with E-state index < -0.39 is 4.92 Å². The van der Waals surface area contributed by atoms with Gasteiger partial charge in [0.1, 0.15) is 0 Å². The lowest BCUT2D eigenvalue weighted by molar-refractivity contribution is -0.384. The minimum Gasteiger partial charge on any atom is -0.348 e. The number of nitro groups is 1. The number of aryl methyl sites for hydroxylation is 1. The molecule has 2 rings (SSSR count). The summed E-state index contributed by atoms with van der Waals surface area (Å²) in [5.41, 5.74) is 6.61. The normalized spacial score (nSPS) is 15.9. The summed E-state index contributed by atoms with van der Waals surface area (Å²) in [7, 11) is 0. The van der Waals surface area contributed by atoms with Gasteiger partial charge in [-0.25, -0.2) is 0 Å². The fraction of sp³-hybridized carbons (Fsp3) is 0.462. The van der Waals surface area contributed by atoms with E-state index in [4.69, 9.17) is 5.73 Å². The minimum atomic E-state index is -0.502. The number of nitrogens with two attached hydrogens (primary N) is 1. The molecule has 0 radical (unpaired) electrons. The molecular weight excluding hydrogens is 246 g/mol. The predicted octanol–water partition coefficient (Wildman–Crippen LogP) is 1.37. The first kappa shape index (κ1) is 13.5. The first-order chi connectivity index (χ1) is 9.02. The molecule has 1 fully saturated rings. The number of nitrogens with one attached hydrogen (secondary N) is 1. The van der Waals surface area contributed by atoms with E-state index in [1.807, 2.05) is 0 Å². The molecule has 1 aliphatic carbocycles. The van der Waals surface area contributed by atoms with E-state index in [-0.39, 0.29) is 17.6 Å². The van der Waals surface area contributed by atoms with Crippen LogP contribution in [0.2, 0.25) is 0 Å². The van der Waals surface area contributed by atoms with E-state index in [0.29, 0.717) is 18.0 Å². The second-order valence-electron chi connectivity index (χ2n) is 4.91. The molecule has 0 aliphatic heterocycles. The van der Waals surface area contributed by atoms with Gasteiger partial charge in [0.15, 0.2) is 0 Å². The van der Waals surface area contributed by atoms with Gasteiger partial charge >= 0.3 is 0 Å². The van der Waals surface area contributed by atoms with Crippen molar-refractivity contribution in [2.24, 2.45) is 11.7 Å². The molecule has 0 bridgehead atoms. The Morgan fingerprint density at radius 1 is 1.58 bits per heavy atom. The number of rotatable bonds is 5. The Morgan fingerprint density at radius 3 is 2.79 bits per heavy atom. The third-order valence-electron chi connectivity index (χ3n) is 3.44. The van der Waals surface area contributed by atoms with Crippen LogP contribution in [0, 0.1) is 23.0 Å². The van der Waals surface area contributed by atoms with Gasteiger partial charge in [-0.15, -0.1) is 0 Å². The number of carbonyl (C=O) groups excluding carboxylic acids is 1. The number of nitrogens with zero attached hydrogens (tertiary/aromatic N) is 1. The quantitative estimate of drug-likeness (QED) is 0.619. The monoisotopic (exact) mass is 263 g/mol. The standard InChI is InChI=1S/C13H17N3O3/c1-8-2-5-10(16(18)19)6-11(8)13(17)15-12(7-14)9-3-4-9/h2,5-6,9,12H,3-4,7,14H2,1H3,(H,15,17). The van der Waals surface area contributed by atoms with Crippen molar-refractivity contribution in [3.8, 4) is 0 Å². The molecule has 1 aromatic rings. The van der Waals surface area contributed by atoms with Crippen LogP contribution in [-0.2, 0) is 0 Å². The van der Waals surface area contributed by atoms with Crippen LogP contribution < -0.4 is 11.1 Å². The second-order valence-corrected chi connectivity index (χ2v) is 4.91. The van der Waals surface area contributed by atoms with Gasteiger partial charge in [0.2, 0.25) is 0 Å². The Morgan fingerprint density at radius 2 is 2.26 bits per heavy atom. The van der Waals surface area contributed by atoms with Gasteiger partial charge in [0.25, 0.3) is 11.6 Å². The van der Waals surface area contributed by atoms with Gasteiger partial charge in [-0.05, 0) is 31.2 Å². The number of benzene rings is 1. The highest BCUT2D eigenvalue weighted by Crippen LogP contribution is 2.32. The van der Waals surface area contributed by atoms with Crippen molar-refractivity contribution >= 4 is 11.6 Å². The number of amides is 1. The lowest BCUT2D eigenvalue weighted by Crippen LogP contribution is -2.41. The van der Waals surface area contributed by atoms with Crippen molar-refractivity contribution in [1.29, 1.82) is 0 Å². The highest BCUT2D eigenvalue weighted by atomic mass is 16.6. The zero-order valence-electron chi connectivity index (χ0n) is 10.8. The third kappa shape index (κ3) is 3.08. The van der Waals surface area contributed by atoms with Crippen molar-refractivity contribution in [1.82, 2.24) is 5.32 Å². The van der Waals surface area contributed by atoms with Gasteiger partial charge in [-0.1, -0.05) is 6.07 Å². The molecule has 1 unspecified atom stereocenters. The van der Waals surface area contributed by atoms with E-state index in [0.717, 1.165) is 18.4 Å². The van der Waals surface area contributed by atoms with Gasteiger partial charge in [0.05, 0.1) is 4.92 Å². The molecule has 1 aliphatic rings. The topological polar surface area (TPSA) is 98.3 Å². The molecule has 1 amide bonds. The third-order valence-corrected chi connectivity index (χ3v) is 3.44. The van der Waals surface area contributed by atoms with Crippen LogP contribution in [0.1, 0.15) is 28.8 Å². The van der Waals surface area contributed by atoms with E-state index >= 15 is 0 Å². The Labute approximate surface area is 111 Å². The molecule has 3 N–H and O–H groups in total. The van der Waals surface area contributed by atoms with Crippen molar-refractivity contribution in [3.63, 3.8) is 0 Å². The van der Waals surface area contributed by atoms with Crippen molar-refractivity contribution in [2.75, 3.05) is 6.54 Å². The summed E-state index contributed by atoms with van der Waals surface area (Å²) >= 11 is 0. The minimum absolute atomic E-state index is 0.0360. The van der Waals surface area contributed by atoms with Crippen LogP contribution >= 0.6 is 0 Å². The lowest BCUT2D eigenvalue weighted by atomic mass is 10.1. The van der Waals surface area contributed by atoms with Crippen molar-refractivity contribution in [3.05, 3.63) is 39.4 Å². The fourth-order valence-electron chi connectivity index (χ4n) is 2.08. The molecule has 1 saturated carbocycles. The maximum atomic E-state index is 12.2. The van der Waals surface area contributed by atoms with Crippen LogP contribution in [0.5, 0.6) is 0 Å².